The fraction of sp³-hybridized carbons (Fsp3) is 0.400. The minimum Gasteiger partial charge on any atom is -0.383 e. The molecule has 2 aromatic rings. The van der Waals surface area contributed by atoms with Crippen LogP contribution in [0.2, 0.25) is 0 Å². The third kappa shape index (κ3) is 2.23. The van der Waals surface area contributed by atoms with Gasteiger partial charge >= 0.3 is 0 Å². The first-order valence-electron chi connectivity index (χ1n) is 6.72. The number of benzene rings is 1. The molecule has 1 heterocycles. The van der Waals surface area contributed by atoms with E-state index in [1.165, 1.54) is 31.4 Å². The van der Waals surface area contributed by atoms with Gasteiger partial charge in [0.15, 0.2) is 0 Å². The van der Waals surface area contributed by atoms with Crippen molar-refractivity contribution in [3.63, 3.8) is 0 Å². The summed E-state index contributed by atoms with van der Waals surface area (Å²) in [6.45, 7) is 0. The zero-order chi connectivity index (χ0) is 13.4. The van der Waals surface area contributed by atoms with Crippen molar-refractivity contribution in [2.75, 3.05) is 5.73 Å². The molecule has 3 nitrogen and oxygen atoms in total. The van der Waals surface area contributed by atoms with E-state index in [2.05, 4.69) is 5.10 Å². The normalized spacial score (nSPS) is 15.5. The molecule has 3 rings (SSSR count). The predicted molar refractivity (Wildman–Crippen MR) is 74.1 cm³/mol. The van der Waals surface area contributed by atoms with Crippen LogP contribution in [0.3, 0.4) is 0 Å². The Bertz CT molecular complexity index is 599. The Morgan fingerprint density at radius 2 is 2.21 bits per heavy atom. The van der Waals surface area contributed by atoms with Gasteiger partial charge in [0.2, 0.25) is 0 Å². The topological polar surface area (TPSA) is 43.8 Å². The highest BCUT2D eigenvalue weighted by Crippen LogP contribution is 2.35. The van der Waals surface area contributed by atoms with Crippen molar-refractivity contribution < 1.29 is 4.39 Å². The van der Waals surface area contributed by atoms with Crippen molar-refractivity contribution in [1.29, 1.82) is 0 Å². The number of nitrogens with two attached hydrogens (primary N) is 1. The van der Waals surface area contributed by atoms with Crippen molar-refractivity contribution in [2.45, 2.75) is 25.7 Å². The van der Waals surface area contributed by atoms with Crippen LogP contribution in [0.25, 0.3) is 11.1 Å². The lowest BCUT2D eigenvalue weighted by Crippen LogP contribution is -2.14. The van der Waals surface area contributed by atoms with E-state index in [0.717, 1.165) is 23.2 Å². The molecule has 0 aliphatic heterocycles. The van der Waals surface area contributed by atoms with E-state index in [1.54, 1.807) is 10.7 Å². The van der Waals surface area contributed by atoms with Gasteiger partial charge in [0, 0.05) is 12.6 Å². The molecule has 0 bridgehead atoms. The van der Waals surface area contributed by atoms with Gasteiger partial charge < -0.3 is 5.73 Å². The molecular weight excluding hydrogens is 241 g/mol. The van der Waals surface area contributed by atoms with Crippen molar-refractivity contribution in [3.05, 3.63) is 35.8 Å². The summed E-state index contributed by atoms with van der Waals surface area (Å²) in [4.78, 5) is 0. The minimum atomic E-state index is -0.240. The highest BCUT2D eigenvalue weighted by Gasteiger charge is 2.23. The summed E-state index contributed by atoms with van der Waals surface area (Å²) in [6.07, 6.45) is 4.78. The average molecular weight is 259 g/mol. The predicted octanol–water partition coefficient (Wildman–Crippen LogP) is 3.15. The lowest BCUT2D eigenvalue weighted by molar-refractivity contribution is 0.311. The quantitative estimate of drug-likeness (QED) is 0.920. The highest BCUT2D eigenvalue weighted by molar-refractivity contribution is 5.76. The van der Waals surface area contributed by atoms with E-state index >= 15 is 0 Å². The number of nitrogens with zero attached hydrogens (tertiary/aromatic N) is 2. The summed E-state index contributed by atoms with van der Waals surface area (Å²) in [5.74, 6) is 1.08. The van der Waals surface area contributed by atoms with E-state index in [9.17, 15) is 4.39 Å². The first kappa shape index (κ1) is 12.2. The number of rotatable bonds is 3. The average Bonchev–Trinajstić information content (AvgIpc) is 2.60. The van der Waals surface area contributed by atoms with Crippen molar-refractivity contribution in [1.82, 2.24) is 9.78 Å². The second kappa shape index (κ2) is 4.68. The smallest absolute Gasteiger partial charge is 0.129 e. The Balaban J connectivity index is 2.02. The molecule has 0 unspecified atom stereocenters. The van der Waals surface area contributed by atoms with Crippen LogP contribution < -0.4 is 5.73 Å². The maximum absolute atomic E-state index is 13.4. The van der Waals surface area contributed by atoms with Crippen molar-refractivity contribution in [3.8, 4) is 11.1 Å². The Kier molecular flexibility index (Phi) is 3.01. The second-order valence-corrected chi connectivity index (χ2v) is 5.34. The number of anilines is 1. The molecule has 1 aliphatic rings. The van der Waals surface area contributed by atoms with Gasteiger partial charge in [-0.3, -0.25) is 4.68 Å². The molecule has 0 atom stereocenters. The highest BCUT2D eigenvalue weighted by atomic mass is 19.1. The SMILES string of the molecule is Cn1nc(CC2CCC2)c(-c2cccc(F)c2)c1N. The van der Waals surface area contributed by atoms with Crippen LogP contribution in [0, 0.1) is 11.7 Å². The van der Waals surface area contributed by atoms with Crippen LogP contribution in [0.5, 0.6) is 0 Å². The third-order valence-electron chi connectivity index (χ3n) is 3.98. The van der Waals surface area contributed by atoms with Crippen molar-refractivity contribution >= 4 is 5.82 Å². The molecule has 100 valence electrons. The summed E-state index contributed by atoms with van der Waals surface area (Å²) in [6, 6.07) is 6.57. The molecule has 1 saturated carbocycles. The van der Waals surface area contributed by atoms with Crippen LogP contribution >= 0.6 is 0 Å². The van der Waals surface area contributed by atoms with Gasteiger partial charge in [-0.15, -0.1) is 0 Å². The lowest BCUT2D eigenvalue weighted by atomic mass is 9.81. The Labute approximate surface area is 112 Å². The van der Waals surface area contributed by atoms with E-state index in [1.807, 2.05) is 13.1 Å². The largest absolute Gasteiger partial charge is 0.383 e. The van der Waals surface area contributed by atoms with Gasteiger partial charge in [-0.1, -0.05) is 31.4 Å². The summed E-state index contributed by atoms with van der Waals surface area (Å²) in [5, 5.41) is 4.51. The summed E-state index contributed by atoms with van der Waals surface area (Å²) in [7, 11) is 1.84. The van der Waals surface area contributed by atoms with Crippen LogP contribution in [-0.2, 0) is 13.5 Å². The van der Waals surface area contributed by atoms with Gasteiger partial charge in [0.1, 0.15) is 11.6 Å². The molecule has 19 heavy (non-hydrogen) atoms. The lowest BCUT2D eigenvalue weighted by Gasteiger charge is -2.24. The molecule has 1 fully saturated rings. The van der Waals surface area contributed by atoms with Crippen LogP contribution in [-0.4, -0.2) is 9.78 Å². The molecule has 1 aliphatic carbocycles. The summed E-state index contributed by atoms with van der Waals surface area (Å²) in [5.41, 5.74) is 8.81. The van der Waals surface area contributed by atoms with E-state index < -0.39 is 0 Å². The number of aromatic nitrogens is 2. The van der Waals surface area contributed by atoms with Gasteiger partial charge in [0.05, 0.1) is 5.69 Å². The third-order valence-corrected chi connectivity index (χ3v) is 3.98. The number of hydrogen-bond donors (Lipinski definition) is 1. The summed E-state index contributed by atoms with van der Waals surface area (Å²) < 4.78 is 15.1. The first-order chi connectivity index (χ1) is 9.15. The van der Waals surface area contributed by atoms with Crippen LogP contribution in [0.1, 0.15) is 25.0 Å². The standard InChI is InChI=1S/C15H18FN3/c1-19-15(17)14(11-6-3-7-12(16)9-11)13(18-19)8-10-4-2-5-10/h3,6-7,9-10H,2,4-5,8,17H2,1H3. The number of aryl methyl sites for hydroxylation is 1. The van der Waals surface area contributed by atoms with Gasteiger partial charge in [-0.25, -0.2) is 4.39 Å². The molecule has 2 N–H and O–H groups in total. The summed E-state index contributed by atoms with van der Waals surface area (Å²) >= 11 is 0. The van der Waals surface area contributed by atoms with Gasteiger partial charge in [-0.2, -0.15) is 5.10 Å². The molecular formula is C15H18FN3. The zero-order valence-corrected chi connectivity index (χ0v) is 11.1. The fourth-order valence-corrected chi connectivity index (χ4v) is 2.67. The molecule has 0 saturated heterocycles. The van der Waals surface area contributed by atoms with Gasteiger partial charge in [-0.05, 0) is 30.0 Å². The number of halogens is 1. The monoisotopic (exact) mass is 259 g/mol. The Morgan fingerprint density at radius 3 is 2.84 bits per heavy atom. The van der Waals surface area contributed by atoms with Crippen LogP contribution in [0.4, 0.5) is 10.2 Å². The zero-order valence-electron chi connectivity index (χ0n) is 11.1. The molecule has 0 spiro atoms. The van der Waals surface area contributed by atoms with Crippen molar-refractivity contribution in [2.24, 2.45) is 13.0 Å². The molecule has 4 heteroatoms. The molecule has 1 aromatic heterocycles. The molecule has 1 aromatic carbocycles. The van der Waals surface area contributed by atoms with Crippen LogP contribution in [0.15, 0.2) is 24.3 Å². The van der Waals surface area contributed by atoms with Gasteiger partial charge in [0.25, 0.3) is 0 Å². The maximum Gasteiger partial charge on any atom is 0.129 e. The Hall–Kier alpha value is -1.84. The van der Waals surface area contributed by atoms with E-state index in [0.29, 0.717) is 11.7 Å². The molecule has 0 radical (unpaired) electrons. The van der Waals surface area contributed by atoms with E-state index in [4.69, 9.17) is 5.73 Å². The Morgan fingerprint density at radius 1 is 1.42 bits per heavy atom. The first-order valence-corrected chi connectivity index (χ1v) is 6.72. The maximum atomic E-state index is 13.4. The molecule has 0 amide bonds. The fourth-order valence-electron chi connectivity index (χ4n) is 2.67. The number of hydrogen-bond acceptors (Lipinski definition) is 2. The van der Waals surface area contributed by atoms with E-state index in [-0.39, 0.29) is 5.82 Å². The second-order valence-electron chi connectivity index (χ2n) is 5.34. The number of nitrogen functional groups attached to an aromatic ring is 1. The minimum absolute atomic E-state index is 0.240.